The van der Waals surface area contributed by atoms with Gasteiger partial charge in [-0.2, -0.15) is 0 Å². The van der Waals surface area contributed by atoms with Crippen molar-refractivity contribution in [1.29, 1.82) is 0 Å². The van der Waals surface area contributed by atoms with Gasteiger partial charge in [0.2, 0.25) is 0 Å². The molecule has 0 spiro atoms. The van der Waals surface area contributed by atoms with E-state index >= 15 is 0 Å². The Morgan fingerprint density at radius 2 is 1.92 bits per heavy atom. The van der Waals surface area contributed by atoms with E-state index in [2.05, 4.69) is 11.1 Å². The van der Waals surface area contributed by atoms with Gasteiger partial charge in [0.15, 0.2) is 0 Å². The van der Waals surface area contributed by atoms with Crippen molar-refractivity contribution in [2.75, 3.05) is 18.8 Å². The Morgan fingerprint density at radius 3 is 2.56 bits per heavy atom. The zero-order valence-corrected chi connectivity index (χ0v) is 15.6. The van der Waals surface area contributed by atoms with Crippen molar-refractivity contribution >= 4 is 34.3 Å². The molecule has 134 valence electrons. The summed E-state index contributed by atoms with van der Waals surface area (Å²) in [4.78, 5) is 18.1. The summed E-state index contributed by atoms with van der Waals surface area (Å²) < 4.78 is 5.45. The lowest BCUT2D eigenvalue weighted by molar-refractivity contribution is 0.0205. The fourth-order valence-corrected chi connectivity index (χ4v) is 3.54. The lowest BCUT2D eigenvalue weighted by Crippen LogP contribution is -2.41. The summed E-state index contributed by atoms with van der Waals surface area (Å²) >= 11 is 6.50. The number of nitrogen functional groups attached to an aromatic ring is 1. The molecule has 5 nitrogen and oxygen atoms in total. The number of nitrogens with zero attached hydrogens (tertiary/aromatic N) is 2. The zero-order chi connectivity index (χ0) is 18.2. The van der Waals surface area contributed by atoms with Gasteiger partial charge in [-0.15, -0.1) is 0 Å². The Kier molecular flexibility index (Phi) is 4.78. The number of piperidine rings is 1. The largest absolute Gasteiger partial charge is 0.444 e. The minimum absolute atomic E-state index is 0.241. The molecule has 1 fully saturated rings. The van der Waals surface area contributed by atoms with Crippen LogP contribution in [0.5, 0.6) is 0 Å². The zero-order valence-electron chi connectivity index (χ0n) is 14.9. The van der Waals surface area contributed by atoms with Crippen LogP contribution in [0.4, 0.5) is 10.6 Å². The smallest absolute Gasteiger partial charge is 0.410 e. The van der Waals surface area contributed by atoms with Crippen LogP contribution in [-0.4, -0.2) is 34.7 Å². The number of fused-ring (bicyclic) bond motifs is 1. The second-order valence-corrected chi connectivity index (χ2v) is 7.98. The minimum Gasteiger partial charge on any atom is -0.444 e. The van der Waals surface area contributed by atoms with Gasteiger partial charge in [-0.25, -0.2) is 9.78 Å². The Labute approximate surface area is 153 Å². The number of hydrogen-bond donors (Lipinski definition) is 1. The van der Waals surface area contributed by atoms with Crippen molar-refractivity contribution in [2.45, 2.75) is 45.1 Å². The Balaban J connectivity index is 1.73. The van der Waals surface area contributed by atoms with E-state index in [0.29, 0.717) is 24.8 Å². The van der Waals surface area contributed by atoms with Crippen LogP contribution in [0.15, 0.2) is 24.4 Å². The number of benzene rings is 1. The summed E-state index contributed by atoms with van der Waals surface area (Å²) in [6.07, 6.45) is 3.23. The number of anilines is 1. The predicted octanol–water partition coefficient (Wildman–Crippen LogP) is 4.58. The summed E-state index contributed by atoms with van der Waals surface area (Å²) in [5, 5.41) is 2.77. The molecular weight excluding hydrogens is 338 g/mol. The fourth-order valence-electron chi connectivity index (χ4n) is 3.21. The maximum atomic E-state index is 12.2. The molecule has 1 aromatic carbocycles. The highest BCUT2D eigenvalue weighted by Crippen LogP contribution is 2.36. The van der Waals surface area contributed by atoms with Gasteiger partial charge in [0.1, 0.15) is 11.4 Å². The van der Waals surface area contributed by atoms with Gasteiger partial charge < -0.3 is 15.4 Å². The molecule has 3 rings (SSSR count). The molecule has 2 heterocycles. The standard InChI is InChI=1S/C19H24ClN3O2/c1-19(2,3)25-18(24)23-6-4-12(5-7-23)15-8-13-10-17(21)22-11-14(13)9-16(15)20/h8-12H,4-7H2,1-3H3,(H2,21,22). The van der Waals surface area contributed by atoms with Crippen molar-refractivity contribution in [2.24, 2.45) is 0 Å². The van der Waals surface area contributed by atoms with E-state index in [-0.39, 0.29) is 6.09 Å². The number of rotatable bonds is 1. The maximum Gasteiger partial charge on any atom is 0.410 e. The molecule has 0 saturated carbocycles. The molecule has 1 aliphatic rings. The van der Waals surface area contributed by atoms with E-state index in [1.165, 1.54) is 0 Å². The van der Waals surface area contributed by atoms with E-state index in [0.717, 1.165) is 34.2 Å². The van der Waals surface area contributed by atoms with Crippen molar-refractivity contribution in [3.05, 3.63) is 35.0 Å². The van der Waals surface area contributed by atoms with E-state index in [1.807, 2.05) is 32.9 Å². The number of amides is 1. The molecule has 0 aliphatic carbocycles. The number of hydrogen-bond acceptors (Lipinski definition) is 4. The first kappa shape index (κ1) is 17.8. The molecule has 1 saturated heterocycles. The van der Waals surface area contributed by atoms with Crippen LogP contribution in [0, 0.1) is 0 Å². The topological polar surface area (TPSA) is 68.5 Å². The highest BCUT2D eigenvalue weighted by molar-refractivity contribution is 6.32. The summed E-state index contributed by atoms with van der Waals surface area (Å²) in [7, 11) is 0. The molecule has 2 aromatic rings. The molecule has 0 radical (unpaired) electrons. The number of carbonyl (C=O) groups is 1. The second-order valence-electron chi connectivity index (χ2n) is 7.57. The third kappa shape index (κ3) is 4.15. The van der Waals surface area contributed by atoms with Gasteiger partial charge in [-0.3, -0.25) is 0 Å². The second kappa shape index (κ2) is 6.71. The average molecular weight is 362 g/mol. The molecule has 6 heteroatoms. The average Bonchev–Trinajstić information content (AvgIpc) is 2.53. The molecule has 2 N–H and O–H groups in total. The number of halogens is 1. The lowest BCUT2D eigenvalue weighted by Gasteiger charge is -2.34. The lowest BCUT2D eigenvalue weighted by atomic mass is 9.88. The van der Waals surface area contributed by atoms with Crippen LogP contribution in [0.25, 0.3) is 10.8 Å². The Morgan fingerprint density at radius 1 is 1.24 bits per heavy atom. The number of likely N-dealkylation sites (tertiary alicyclic amines) is 1. The van der Waals surface area contributed by atoms with Crippen molar-refractivity contribution in [3.8, 4) is 0 Å². The van der Waals surface area contributed by atoms with Crippen LogP contribution in [-0.2, 0) is 4.74 Å². The molecule has 1 aliphatic heterocycles. The molecule has 25 heavy (non-hydrogen) atoms. The quantitative estimate of drug-likeness (QED) is 0.806. The highest BCUT2D eigenvalue weighted by Gasteiger charge is 2.28. The van der Waals surface area contributed by atoms with Crippen molar-refractivity contribution < 1.29 is 9.53 Å². The van der Waals surface area contributed by atoms with Gasteiger partial charge in [0.25, 0.3) is 0 Å². The summed E-state index contributed by atoms with van der Waals surface area (Å²) in [6.45, 7) is 6.99. The molecule has 0 atom stereocenters. The summed E-state index contributed by atoms with van der Waals surface area (Å²) in [5.74, 6) is 0.825. The molecule has 0 bridgehead atoms. The van der Waals surface area contributed by atoms with E-state index in [1.54, 1.807) is 11.1 Å². The van der Waals surface area contributed by atoms with E-state index in [4.69, 9.17) is 22.1 Å². The first-order valence-corrected chi connectivity index (χ1v) is 8.93. The van der Waals surface area contributed by atoms with E-state index in [9.17, 15) is 4.79 Å². The fraction of sp³-hybridized carbons (Fsp3) is 0.474. The molecule has 1 amide bonds. The number of pyridine rings is 1. The SMILES string of the molecule is CC(C)(C)OC(=O)N1CCC(c2cc3cc(N)ncc3cc2Cl)CC1. The van der Waals surface area contributed by atoms with Crippen LogP contribution in [0.3, 0.4) is 0 Å². The van der Waals surface area contributed by atoms with Crippen LogP contribution in [0.1, 0.15) is 45.1 Å². The number of carbonyl (C=O) groups excluding carboxylic acids is 1. The molecule has 1 aromatic heterocycles. The first-order valence-electron chi connectivity index (χ1n) is 8.55. The number of ether oxygens (including phenoxy) is 1. The summed E-state index contributed by atoms with van der Waals surface area (Å²) in [5.41, 5.74) is 6.44. The maximum absolute atomic E-state index is 12.2. The van der Waals surface area contributed by atoms with Gasteiger partial charge >= 0.3 is 6.09 Å². The van der Waals surface area contributed by atoms with Gasteiger partial charge in [-0.05, 0) is 68.7 Å². The number of nitrogens with two attached hydrogens (primary N) is 1. The van der Waals surface area contributed by atoms with Crippen LogP contribution < -0.4 is 5.73 Å². The van der Waals surface area contributed by atoms with Gasteiger partial charge in [-0.1, -0.05) is 11.6 Å². The van der Waals surface area contributed by atoms with Gasteiger partial charge in [0, 0.05) is 29.7 Å². The number of aromatic nitrogens is 1. The highest BCUT2D eigenvalue weighted by atomic mass is 35.5. The monoisotopic (exact) mass is 361 g/mol. The normalized spacial score (nSPS) is 16.2. The predicted molar refractivity (Wildman–Crippen MR) is 101 cm³/mol. The Bertz CT molecular complexity index is 793. The molecular formula is C19H24ClN3O2. The van der Waals surface area contributed by atoms with Crippen LogP contribution in [0.2, 0.25) is 5.02 Å². The minimum atomic E-state index is -0.469. The summed E-state index contributed by atoms with van der Waals surface area (Å²) in [6, 6.07) is 5.91. The first-order chi connectivity index (χ1) is 11.7. The molecule has 0 unspecified atom stereocenters. The third-order valence-electron chi connectivity index (χ3n) is 4.44. The Hall–Kier alpha value is -2.01. The van der Waals surface area contributed by atoms with E-state index < -0.39 is 5.60 Å². The van der Waals surface area contributed by atoms with Crippen LogP contribution >= 0.6 is 11.6 Å². The third-order valence-corrected chi connectivity index (χ3v) is 4.77. The van der Waals surface area contributed by atoms with Gasteiger partial charge in [0.05, 0.1) is 0 Å². The van der Waals surface area contributed by atoms with Crippen molar-refractivity contribution in [1.82, 2.24) is 9.88 Å². The van der Waals surface area contributed by atoms with Crippen molar-refractivity contribution in [3.63, 3.8) is 0 Å².